The van der Waals surface area contributed by atoms with Crippen molar-refractivity contribution in [2.45, 2.75) is 68.1 Å². The van der Waals surface area contributed by atoms with Crippen molar-refractivity contribution in [3.05, 3.63) is 29.8 Å². The first-order chi connectivity index (χ1) is 9.55. The Morgan fingerprint density at radius 3 is 2.40 bits per heavy atom. The Morgan fingerprint density at radius 1 is 1.25 bits per heavy atom. The van der Waals surface area contributed by atoms with Crippen LogP contribution < -0.4 is 0 Å². The highest BCUT2D eigenvalue weighted by atomic mass is 32.2. The Kier molecular flexibility index (Phi) is 5.28. The summed E-state index contributed by atoms with van der Waals surface area (Å²) in [5.41, 5.74) is 0.149. The number of rotatable bonds is 5. The van der Waals surface area contributed by atoms with Crippen LogP contribution in [0, 0.1) is 6.92 Å². The van der Waals surface area contributed by atoms with Gasteiger partial charge in [0.25, 0.3) is 0 Å². The van der Waals surface area contributed by atoms with E-state index in [9.17, 15) is 9.90 Å². The van der Waals surface area contributed by atoms with Crippen molar-refractivity contribution in [1.82, 2.24) is 0 Å². The Bertz CT molecular complexity index is 447. The Balaban J connectivity index is 2.07. The van der Waals surface area contributed by atoms with E-state index in [2.05, 4.69) is 31.2 Å². The first-order valence-electron chi connectivity index (χ1n) is 7.55. The molecule has 1 fully saturated rings. The molecule has 0 spiro atoms. The van der Waals surface area contributed by atoms with Crippen LogP contribution in [0.25, 0.3) is 0 Å². The summed E-state index contributed by atoms with van der Waals surface area (Å²) in [5.74, 6) is 0.0327. The molecule has 3 heteroatoms. The Hall–Kier alpha value is -0.800. The van der Waals surface area contributed by atoms with Crippen LogP contribution in [0.15, 0.2) is 29.2 Å². The highest BCUT2D eigenvalue weighted by Gasteiger charge is 2.40. The fraction of sp³-hybridized carbons (Fsp3) is 0.588. The summed E-state index contributed by atoms with van der Waals surface area (Å²) >= 11 is 1.59. The molecule has 0 saturated heterocycles. The van der Waals surface area contributed by atoms with Gasteiger partial charge in [0, 0.05) is 4.90 Å². The number of ketones is 1. The van der Waals surface area contributed by atoms with Gasteiger partial charge in [-0.25, -0.2) is 0 Å². The fourth-order valence-corrected chi connectivity index (χ4v) is 3.90. The molecule has 20 heavy (non-hydrogen) atoms. The maximum absolute atomic E-state index is 12.7. The number of carbonyl (C=O) groups excluding carboxylic acids is 1. The van der Waals surface area contributed by atoms with Gasteiger partial charge in [0.05, 0.1) is 5.25 Å². The zero-order valence-corrected chi connectivity index (χ0v) is 13.2. The average molecular weight is 292 g/mol. The summed E-state index contributed by atoms with van der Waals surface area (Å²) in [6.45, 7) is 4.08. The Morgan fingerprint density at radius 2 is 1.85 bits per heavy atom. The lowest BCUT2D eigenvalue weighted by molar-refractivity contribution is -0.140. The number of carbonyl (C=O) groups is 1. The molecule has 0 heterocycles. The summed E-state index contributed by atoms with van der Waals surface area (Å²) in [7, 11) is 0. The third-order valence-electron chi connectivity index (χ3n) is 4.10. The van der Waals surface area contributed by atoms with Crippen molar-refractivity contribution in [3.63, 3.8) is 0 Å². The second kappa shape index (κ2) is 6.77. The monoisotopic (exact) mass is 292 g/mol. The predicted octanol–water partition coefficient (Wildman–Crippen LogP) is 4.13. The quantitative estimate of drug-likeness (QED) is 0.829. The van der Waals surface area contributed by atoms with Crippen molar-refractivity contribution in [1.29, 1.82) is 0 Å². The third kappa shape index (κ3) is 3.64. The van der Waals surface area contributed by atoms with Gasteiger partial charge in [-0.15, -0.1) is 11.8 Å². The largest absolute Gasteiger partial charge is 0.382 e. The molecule has 1 saturated carbocycles. The standard InChI is InChI=1S/C17H24O2S/c1-3-15(20-14-9-7-13(2)8-10-14)16(18)17(19)11-5-4-6-12-17/h7-10,15,19H,3-6,11-12H2,1-2H3. The number of hydrogen-bond acceptors (Lipinski definition) is 3. The van der Waals surface area contributed by atoms with Crippen molar-refractivity contribution >= 4 is 17.5 Å². The van der Waals surface area contributed by atoms with E-state index in [4.69, 9.17) is 0 Å². The van der Waals surface area contributed by atoms with Gasteiger partial charge in [-0.1, -0.05) is 43.9 Å². The van der Waals surface area contributed by atoms with Gasteiger partial charge in [0.15, 0.2) is 5.78 Å². The van der Waals surface area contributed by atoms with Crippen LogP contribution in [0.3, 0.4) is 0 Å². The number of hydrogen-bond donors (Lipinski definition) is 1. The zero-order chi connectivity index (χ0) is 14.6. The highest BCUT2D eigenvalue weighted by molar-refractivity contribution is 8.00. The van der Waals surface area contributed by atoms with Crippen LogP contribution >= 0.6 is 11.8 Å². The molecule has 1 aliphatic rings. The minimum atomic E-state index is -1.07. The lowest BCUT2D eigenvalue weighted by Gasteiger charge is -2.33. The second-order valence-electron chi connectivity index (χ2n) is 5.78. The van der Waals surface area contributed by atoms with Gasteiger partial charge in [0.1, 0.15) is 5.60 Å². The molecule has 1 atom stereocenters. The minimum absolute atomic E-state index is 0.0327. The summed E-state index contributed by atoms with van der Waals surface area (Å²) in [6, 6.07) is 8.24. The van der Waals surface area contributed by atoms with Gasteiger partial charge in [-0.2, -0.15) is 0 Å². The number of thioether (sulfide) groups is 1. The van der Waals surface area contributed by atoms with Crippen molar-refractivity contribution in [2.75, 3.05) is 0 Å². The molecule has 1 aliphatic carbocycles. The molecular formula is C17H24O2S. The average Bonchev–Trinajstić information content (AvgIpc) is 2.47. The van der Waals surface area contributed by atoms with Gasteiger partial charge < -0.3 is 5.11 Å². The summed E-state index contributed by atoms with van der Waals surface area (Å²) in [5, 5.41) is 10.5. The topological polar surface area (TPSA) is 37.3 Å². The molecule has 0 aromatic heterocycles. The van der Waals surface area contributed by atoms with Crippen LogP contribution in [-0.4, -0.2) is 21.7 Å². The van der Waals surface area contributed by atoms with Crippen LogP contribution in [0.2, 0.25) is 0 Å². The second-order valence-corrected chi connectivity index (χ2v) is 7.06. The summed E-state index contributed by atoms with van der Waals surface area (Å²) < 4.78 is 0. The van der Waals surface area contributed by atoms with E-state index >= 15 is 0 Å². The fourth-order valence-electron chi connectivity index (χ4n) is 2.79. The number of benzene rings is 1. The Labute approximate surface area is 126 Å². The van der Waals surface area contributed by atoms with Gasteiger partial charge >= 0.3 is 0 Å². The van der Waals surface area contributed by atoms with Crippen molar-refractivity contribution in [2.24, 2.45) is 0 Å². The summed E-state index contributed by atoms with van der Waals surface area (Å²) in [4.78, 5) is 13.8. The molecule has 110 valence electrons. The lowest BCUT2D eigenvalue weighted by atomic mass is 9.80. The van der Waals surface area contributed by atoms with Gasteiger partial charge in [0.2, 0.25) is 0 Å². The van der Waals surface area contributed by atoms with Crippen LogP contribution in [0.4, 0.5) is 0 Å². The third-order valence-corrected chi connectivity index (χ3v) is 5.48. The highest BCUT2D eigenvalue weighted by Crippen LogP contribution is 2.35. The molecule has 0 bridgehead atoms. The number of aryl methyl sites for hydroxylation is 1. The van der Waals surface area contributed by atoms with E-state index in [1.165, 1.54) is 5.56 Å². The van der Waals surface area contributed by atoms with Gasteiger partial charge in [-0.05, 0) is 38.3 Å². The first kappa shape index (κ1) is 15.6. The van der Waals surface area contributed by atoms with E-state index in [0.717, 1.165) is 30.6 Å². The van der Waals surface area contributed by atoms with Gasteiger partial charge in [-0.3, -0.25) is 4.79 Å². The molecule has 0 aliphatic heterocycles. The van der Waals surface area contributed by atoms with Crippen LogP contribution in [0.5, 0.6) is 0 Å². The molecule has 1 aromatic rings. The normalized spacial score (nSPS) is 19.6. The molecule has 1 aromatic carbocycles. The van der Waals surface area contributed by atoms with Crippen LogP contribution in [-0.2, 0) is 4.79 Å². The maximum Gasteiger partial charge on any atom is 0.177 e. The van der Waals surface area contributed by atoms with Crippen LogP contribution in [0.1, 0.15) is 51.0 Å². The molecule has 1 unspecified atom stereocenters. The van der Waals surface area contributed by atoms with Crippen molar-refractivity contribution in [3.8, 4) is 0 Å². The first-order valence-corrected chi connectivity index (χ1v) is 8.43. The lowest BCUT2D eigenvalue weighted by Crippen LogP contribution is -2.45. The maximum atomic E-state index is 12.7. The SMILES string of the molecule is CCC(Sc1ccc(C)cc1)C(=O)C1(O)CCCCC1. The van der Waals surface area contributed by atoms with E-state index < -0.39 is 5.60 Å². The zero-order valence-electron chi connectivity index (χ0n) is 12.4. The van der Waals surface area contributed by atoms with E-state index in [0.29, 0.717) is 12.8 Å². The summed E-state index contributed by atoms with van der Waals surface area (Å²) in [6.07, 6.45) is 5.10. The molecule has 1 N–H and O–H groups in total. The van der Waals surface area contributed by atoms with E-state index in [1.807, 2.05) is 6.92 Å². The van der Waals surface area contributed by atoms with E-state index in [1.54, 1.807) is 11.8 Å². The molecular weight excluding hydrogens is 268 g/mol. The number of aliphatic hydroxyl groups is 1. The molecule has 2 rings (SSSR count). The molecule has 0 radical (unpaired) electrons. The minimum Gasteiger partial charge on any atom is -0.382 e. The molecule has 2 nitrogen and oxygen atoms in total. The number of Topliss-reactive ketones (excluding diaryl/α,β-unsaturated/α-hetero) is 1. The van der Waals surface area contributed by atoms with Crippen molar-refractivity contribution < 1.29 is 9.90 Å². The molecule has 0 amide bonds. The predicted molar refractivity (Wildman–Crippen MR) is 84.2 cm³/mol. The van der Waals surface area contributed by atoms with E-state index in [-0.39, 0.29) is 11.0 Å². The smallest absolute Gasteiger partial charge is 0.177 e.